The summed E-state index contributed by atoms with van der Waals surface area (Å²) >= 11 is 0. The Kier molecular flexibility index (Phi) is 3.24. The minimum Gasteiger partial charge on any atom is -0.349 e. The van der Waals surface area contributed by atoms with Crippen molar-refractivity contribution in [3.8, 4) is 0 Å². The molecule has 0 saturated carbocycles. The van der Waals surface area contributed by atoms with Gasteiger partial charge in [-0.05, 0) is 6.92 Å². The number of H-pyrrole nitrogens is 1. The van der Waals surface area contributed by atoms with Gasteiger partial charge in [0.25, 0.3) is 0 Å². The van der Waals surface area contributed by atoms with Crippen LogP contribution in [-0.4, -0.2) is 37.3 Å². The standard InChI is InChI=1S/C4H6N2.Pb/c1-4-5-2-3-6-4;/h2-3H,1H3,(H,5,6);. The number of aromatic amines is 1. The van der Waals surface area contributed by atoms with E-state index >= 15 is 0 Å². The number of nitrogens with one attached hydrogen (secondary N) is 1. The zero-order valence-electron chi connectivity index (χ0n) is 4.10. The van der Waals surface area contributed by atoms with Gasteiger partial charge in [-0.15, -0.1) is 0 Å². The predicted octanol–water partition coefficient (Wildman–Crippen LogP) is 0.337. The number of hydrogen-bond donors (Lipinski definition) is 1. The van der Waals surface area contributed by atoms with Crippen LogP contribution < -0.4 is 0 Å². The molecular formula is C4H6N2Pb. The smallest absolute Gasteiger partial charge is 0.102 e. The minimum atomic E-state index is 0. The first-order valence-corrected chi connectivity index (χ1v) is 1.85. The summed E-state index contributed by atoms with van der Waals surface area (Å²) in [6, 6.07) is 0. The third kappa shape index (κ3) is 2.06. The molecule has 2 nitrogen and oxygen atoms in total. The van der Waals surface area contributed by atoms with E-state index in [1.807, 2.05) is 6.92 Å². The maximum absolute atomic E-state index is 3.86. The first-order valence-electron chi connectivity index (χ1n) is 1.85. The number of aryl methyl sites for hydroxylation is 1. The van der Waals surface area contributed by atoms with E-state index < -0.39 is 0 Å². The van der Waals surface area contributed by atoms with E-state index in [0.29, 0.717) is 0 Å². The van der Waals surface area contributed by atoms with Gasteiger partial charge in [0.2, 0.25) is 0 Å². The fourth-order valence-electron chi connectivity index (χ4n) is 0.344. The fraction of sp³-hybridized carbons (Fsp3) is 0.250. The summed E-state index contributed by atoms with van der Waals surface area (Å²) in [4.78, 5) is 6.75. The van der Waals surface area contributed by atoms with E-state index in [9.17, 15) is 0 Å². The molecule has 0 aromatic carbocycles. The maximum atomic E-state index is 3.86. The van der Waals surface area contributed by atoms with Crippen LogP contribution in [0.15, 0.2) is 12.4 Å². The Balaban J connectivity index is 0.000000360. The van der Waals surface area contributed by atoms with Crippen molar-refractivity contribution < 1.29 is 0 Å². The van der Waals surface area contributed by atoms with Crippen molar-refractivity contribution in [1.29, 1.82) is 0 Å². The Morgan fingerprint density at radius 3 is 2.57 bits per heavy atom. The number of hydrogen-bond acceptors (Lipinski definition) is 1. The molecule has 0 spiro atoms. The molecule has 1 heterocycles. The second kappa shape index (κ2) is 3.18. The maximum Gasteiger partial charge on any atom is 0.102 e. The van der Waals surface area contributed by atoms with Gasteiger partial charge in [0.15, 0.2) is 0 Å². The van der Waals surface area contributed by atoms with E-state index in [4.69, 9.17) is 0 Å². The predicted molar refractivity (Wildman–Crippen MR) is 29.1 cm³/mol. The Hall–Kier alpha value is 0.132. The van der Waals surface area contributed by atoms with Crippen LogP contribution >= 0.6 is 0 Å². The quantitative estimate of drug-likeness (QED) is 0.686. The summed E-state index contributed by atoms with van der Waals surface area (Å²) in [5.41, 5.74) is 0. The molecule has 0 aliphatic rings. The van der Waals surface area contributed by atoms with E-state index in [1.54, 1.807) is 12.4 Å². The van der Waals surface area contributed by atoms with Gasteiger partial charge in [0.05, 0.1) is 0 Å². The monoisotopic (exact) mass is 290 g/mol. The molecule has 0 fully saturated rings. The number of imidazole rings is 1. The third-order valence-corrected chi connectivity index (χ3v) is 0.635. The van der Waals surface area contributed by atoms with Crippen LogP contribution in [0.1, 0.15) is 5.82 Å². The Morgan fingerprint density at radius 2 is 2.43 bits per heavy atom. The molecule has 0 bridgehead atoms. The molecule has 0 unspecified atom stereocenters. The number of aromatic nitrogens is 2. The van der Waals surface area contributed by atoms with Crippen molar-refractivity contribution in [2.45, 2.75) is 6.92 Å². The van der Waals surface area contributed by atoms with Gasteiger partial charge >= 0.3 is 0 Å². The molecule has 0 aliphatic heterocycles. The zero-order chi connectivity index (χ0) is 4.41. The van der Waals surface area contributed by atoms with Gasteiger partial charge in [-0.3, -0.25) is 0 Å². The van der Waals surface area contributed by atoms with E-state index in [2.05, 4.69) is 9.97 Å². The summed E-state index contributed by atoms with van der Waals surface area (Å²) in [6.07, 6.45) is 3.53. The van der Waals surface area contributed by atoms with Crippen LogP contribution in [0.2, 0.25) is 0 Å². The van der Waals surface area contributed by atoms with Crippen molar-refractivity contribution in [3.05, 3.63) is 18.2 Å². The molecule has 0 atom stereocenters. The van der Waals surface area contributed by atoms with Crippen LogP contribution in [-0.2, 0) is 0 Å². The average Bonchev–Trinajstić information content (AvgIpc) is 1.86. The molecule has 1 N–H and O–H groups in total. The van der Waals surface area contributed by atoms with Crippen LogP contribution in [0.4, 0.5) is 0 Å². The molecule has 1 aromatic rings. The SMILES string of the molecule is Cc1ncc[nH]1.[Pb]. The fourth-order valence-corrected chi connectivity index (χ4v) is 0.344. The second-order valence-corrected chi connectivity index (χ2v) is 1.17. The summed E-state index contributed by atoms with van der Waals surface area (Å²) in [6.45, 7) is 1.92. The molecule has 7 heavy (non-hydrogen) atoms. The van der Waals surface area contributed by atoms with E-state index in [1.165, 1.54) is 0 Å². The van der Waals surface area contributed by atoms with Crippen LogP contribution in [0, 0.1) is 6.92 Å². The summed E-state index contributed by atoms with van der Waals surface area (Å²) in [7, 11) is 0. The van der Waals surface area contributed by atoms with E-state index in [-0.39, 0.29) is 27.3 Å². The average molecular weight is 289 g/mol. The van der Waals surface area contributed by atoms with Crippen LogP contribution in [0.5, 0.6) is 0 Å². The van der Waals surface area contributed by atoms with Crippen molar-refractivity contribution in [3.63, 3.8) is 0 Å². The van der Waals surface area contributed by atoms with Gasteiger partial charge in [-0.1, -0.05) is 0 Å². The van der Waals surface area contributed by atoms with Crippen molar-refractivity contribution in [1.82, 2.24) is 9.97 Å². The van der Waals surface area contributed by atoms with Gasteiger partial charge in [-0.2, -0.15) is 0 Å². The van der Waals surface area contributed by atoms with E-state index in [0.717, 1.165) is 5.82 Å². The Labute approximate surface area is 62.5 Å². The summed E-state index contributed by atoms with van der Waals surface area (Å²) in [5, 5.41) is 0. The largest absolute Gasteiger partial charge is 0.349 e. The number of rotatable bonds is 0. The molecule has 0 aliphatic carbocycles. The van der Waals surface area contributed by atoms with Gasteiger partial charge in [-0.25, -0.2) is 4.98 Å². The first kappa shape index (κ1) is 7.13. The second-order valence-electron chi connectivity index (χ2n) is 1.17. The Bertz CT molecular complexity index is 113. The topological polar surface area (TPSA) is 28.7 Å². The van der Waals surface area contributed by atoms with Gasteiger partial charge in [0.1, 0.15) is 5.82 Å². The van der Waals surface area contributed by atoms with Crippen molar-refractivity contribution in [2.24, 2.45) is 0 Å². The zero-order valence-corrected chi connectivity index (χ0v) is 7.99. The first-order chi connectivity index (χ1) is 2.89. The number of nitrogens with zero attached hydrogens (tertiary/aromatic N) is 1. The minimum absolute atomic E-state index is 0. The molecule has 4 radical (unpaired) electrons. The molecule has 0 saturated heterocycles. The van der Waals surface area contributed by atoms with Crippen molar-refractivity contribution >= 4 is 27.3 Å². The molecule has 1 rings (SSSR count). The molecule has 1 aromatic heterocycles. The summed E-state index contributed by atoms with van der Waals surface area (Å²) < 4.78 is 0. The van der Waals surface area contributed by atoms with Crippen LogP contribution in [0.3, 0.4) is 0 Å². The van der Waals surface area contributed by atoms with Crippen molar-refractivity contribution in [2.75, 3.05) is 0 Å². The van der Waals surface area contributed by atoms with Gasteiger partial charge in [0, 0.05) is 39.7 Å². The normalized spacial score (nSPS) is 7.57. The molecular weight excluding hydrogens is 283 g/mol. The molecule has 36 valence electrons. The Morgan fingerprint density at radius 1 is 1.71 bits per heavy atom. The molecule has 3 heteroatoms. The molecule has 0 amide bonds. The van der Waals surface area contributed by atoms with Crippen LogP contribution in [0.25, 0.3) is 0 Å². The summed E-state index contributed by atoms with van der Waals surface area (Å²) in [5.74, 6) is 0.968. The van der Waals surface area contributed by atoms with Gasteiger partial charge < -0.3 is 4.98 Å². The third-order valence-electron chi connectivity index (χ3n) is 0.635.